The summed E-state index contributed by atoms with van der Waals surface area (Å²) in [4.78, 5) is 31.0. The summed E-state index contributed by atoms with van der Waals surface area (Å²) in [6.45, 7) is 2.80. The molecule has 7 nitrogen and oxygen atoms in total. The Morgan fingerprint density at radius 2 is 1.92 bits per heavy atom. The van der Waals surface area contributed by atoms with Crippen LogP contribution in [0.25, 0.3) is 11.2 Å². The highest BCUT2D eigenvalue weighted by Gasteiger charge is 2.17. The van der Waals surface area contributed by atoms with Crippen molar-refractivity contribution in [1.82, 2.24) is 19.1 Å². The molecule has 3 aromatic rings. The number of anilines is 2. The quantitative estimate of drug-likeness (QED) is 0.681. The number of fused-ring (bicyclic) bond motifs is 1. The third-order valence-corrected chi connectivity index (χ3v) is 4.02. The zero-order valence-corrected chi connectivity index (χ0v) is 13.9. The Labute approximate surface area is 139 Å². The lowest BCUT2D eigenvalue weighted by Crippen LogP contribution is -2.29. The highest BCUT2D eigenvalue weighted by molar-refractivity contribution is 5.75. The minimum Gasteiger partial charge on any atom is -0.326 e. The van der Waals surface area contributed by atoms with E-state index in [9.17, 15) is 9.59 Å². The van der Waals surface area contributed by atoms with E-state index >= 15 is 0 Å². The first-order chi connectivity index (χ1) is 11.6. The van der Waals surface area contributed by atoms with E-state index in [1.54, 1.807) is 7.05 Å². The van der Waals surface area contributed by atoms with E-state index in [1.165, 1.54) is 4.57 Å². The van der Waals surface area contributed by atoms with Gasteiger partial charge >= 0.3 is 5.69 Å². The number of hydrogen-bond acceptors (Lipinski definition) is 4. The fourth-order valence-corrected chi connectivity index (χ4v) is 2.72. The second-order valence-electron chi connectivity index (χ2n) is 5.78. The lowest BCUT2D eigenvalue weighted by atomic mass is 10.2. The Bertz CT molecular complexity index is 953. The zero-order valence-electron chi connectivity index (χ0n) is 13.9. The molecule has 0 saturated carbocycles. The highest BCUT2D eigenvalue weighted by Crippen LogP contribution is 2.20. The summed E-state index contributed by atoms with van der Waals surface area (Å²) in [5, 5.41) is 3.25. The van der Waals surface area contributed by atoms with Crippen molar-refractivity contribution in [2.75, 3.05) is 5.32 Å². The lowest BCUT2D eigenvalue weighted by Gasteiger charge is -2.10. The van der Waals surface area contributed by atoms with Crippen LogP contribution in [0.2, 0.25) is 0 Å². The number of nitrogens with one attached hydrogen (secondary N) is 2. The number of unbranched alkanes of at least 4 members (excludes halogenated alkanes) is 2. The molecule has 0 aliphatic carbocycles. The van der Waals surface area contributed by atoms with Gasteiger partial charge in [0.25, 0.3) is 5.56 Å². The number of aromatic nitrogens is 4. The van der Waals surface area contributed by atoms with Crippen molar-refractivity contribution in [3.8, 4) is 0 Å². The summed E-state index contributed by atoms with van der Waals surface area (Å²) in [5.41, 5.74) is 0.825. The van der Waals surface area contributed by atoms with Crippen molar-refractivity contribution in [2.24, 2.45) is 7.05 Å². The number of aromatic amines is 1. The molecule has 0 saturated heterocycles. The predicted octanol–water partition coefficient (Wildman–Crippen LogP) is 2.36. The molecule has 0 spiro atoms. The van der Waals surface area contributed by atoms with E-state index in [4.69, 9.17) is 0 Å². The number of imidazole rings is 1. The Morgan fingerprint density at radius 3 is 2.62 bits per heavy atom. The second kappa shape index (κ2) is 6.74. The molecule has 2 heterocycles. The average Bonchev–Trinajstić information content (AvgIpc) is 2.93. The summed E-state index contributed by atoms with van der Waals surface area (Å²) < 4.78 is 3.22. The Morgan fingerprint density at radius 1 is 1.17 bits per heavy atom. The van der Waals surface area contributed by atoms with Crippen LogP contribution in [0.1, 0.15) is 26.2 Å². The van der Waals surface area contributed by atoms with Gasteiger partial charge in [0.2, 0.25) is 5.95 Å². The van der Waals surface area contributed by atoms with Crippen molar-refractivity contribution in [3.63, 3.8) is 0 Å². The van der Waals surface area contributed by atoms with E-state index in [0.29, 0.717) is 23.7 Å². The molecule has 0 aliphatic rings. The van der Waals surface area contributed by atoms with Gasteiger partial charge in [0, 0.05) is 19.3 Å². The van der Waals surface area contributed by atoms with Crippen LogP contribution in [0.5, 0.6) is 0 Å². The third kappa shape index (κ3) is 2.97. The molecule has 24 heavy (non-hydrogen) atoms. The van der Waals surface area contributed by atoms with E-state index in [0.717, 1.165) is 24.9 Å². The van der Waals surface area contributed by atoms with Gasteiger partial charge < -0.3 is 9.88 Å². The third-order valence-electron chi connectivity index (χ3n) is 4.02. The van der Waals surface area contributed by atoms with Gasteiger partial charge in [0.1, 0.15) is 0 Å². The maximum Gasteiger partial charge on any atom is 0.329 e. The van der Waals surface area contributed by atoms with Gasteiger partial charge in [0.05, 0.1) is 0 Å². The molecule has 0 atom stereocenters. The van der Waals surface area contributed by atoms with Crippen LogP contribution in [0, 0.1) is 0 Å². The molecule has 3 rings (SSSR count). The van der Waals surface area contributed by atoms with Crippen molar-refractivity contribution in [2.45, 2.75) is 32.7 Å². The fraction of sp³-hybridized carbons (Fsp3) is 0.353. The summed E-state index contributed by atoms with van der Waals surface area (Å²) in [5.74, 6) is 0.569. The molecule has 1 aromatic carbocycles. The summed E-state index contributed by atoms with van der Waals surface area (Å²) in [6, 6.07) is 9.64. The van der Waals surface area contributed by atoms with Crippen LogP contribution >= 0.6 is 0 Å². The number of aryl methyl sites for hydroxylation is 2. The molecule has 0 fully saturated rings. The summed E-state index contributed by atoms with van der Waals surface area (Å²) >= 11 is 0. The number of benzene rings is 1. The number of para-hydroxylation sites is 1. The monoisotopic (exact) mass is 327 g/mol. The van der Waals surface area contributed by atoms with E-state index < -0.39 is 11.2 Å². The molecule has 2 N–H and O–H groups in total. The van der Waals surface area contributed by atoms with Crippen LogP contribution in [-0.4, -0.2) is 19.1 Å². The standard InChI is InChI=1S/C17H21N5O2/c1-3-4-8-11-22-13-14(21(2)17(24)20-15(13)23)19-16(22)18-12-9-6-5-7-10-12/h5-7,9-10H,3-4,8,11H2,1-2H3,(H,18,19)(H,20,23,24). The van der Waals surface area contributed by atoms with Crippen molar-refractivity contribution in [3.05, 3.63) is 51.2 Å². The van der Waals surface area contributed by atoms with E-state index in [2.05, 4.69) is 22.2 Å². The largest absolute Gasteiger partial charge is 0.329 e. The Hall–Kier alpha value is -2.83. The van der Waals surface area contributed by atoms with Crippen LogP contribution in [-0.2, 0) is 13.6 Å². The second-order valence-corrected chi connectivity index (χ2v) is 5.78. The molecule has 7 heteroatoms. The average molecular weight is 327 g/mol. The Kier molecular flexibility index (Phi) is 4.50. The fourth-order valence-electron chi connectivity index (χ4n) is 2.72. The minimum atomic E-state index is -0.461. The number of rotatable bonds is 6. The van der Waals surface area contributed by atoms with Crippen molar-refractivity contribution < 1.29 is 0 Å². The van der Waals surface area contributed by atoms with Gasteiger partial charge in [-0.2, -0.15) is 4.98 Å². The number of nitrogens with zero attached hydrogens (tertiary/aromatic N) is 3. The SMILES string of the molecule is CCCCCn1c(Nc2ccccc2)nc2c1c(=O)[nH]c(=O)n2C. The van der Waals surface area contributed by atoms with Gasteiger partial charge in [-0.3, -0.25) is 14.3 Å². The van der Waals surface area contributed by atoms with Crippen LogP contribution in [0.4, 0.5) is 11.6 Å². The van der Waals surface area contributed by atoms with Crippen molar-refractivity contribution in [1.29, 1.82) is 0 Å². The maximum absolute atomic E-state index is 12.3. The first-order valence-electron chi connectivity index (χ1n) is 8.13. The molecular weight excluding hydrogens is 306 g/mol. The molecule has 0 unspecified atom stereocenters. The predicted molar refractivity (Wildman–Crippen MR) is 94.8 cm³/mol. The van der Waals surface area contributed by atoms with Gasteiger partial charge in [-0.15, -0.1) is 0 Å². The molecule has 2 aromatic heterocycles. The Balaban J connectivity index is 2.14. The van der Waals surface area contributed by atoms with Gasteiger partial charge in [-0.05, 0) is 18.6 Å². The topological polar surface area (TPSA) is 84.7 Å². The van der Waals surface area contributed by atoms with Crippen LogP contribution in [0.15, 0.2) is 39.9 Å². The van der Waals surface area contributed by atoms with Gasteiger partial charge in [0.15, 0.2) is 11.2 Å². The molecule has 0 bridgehead atoms. The smallest absolute Gasteiger partial charge is 0.326 e. The number of hydrogen-bond donors (Lipinski definition) is 2. The highest BCUT2D eigenvalue weighted by atomic mass is 16.2. The molecule has 0 aliphatic heterocycles. The van der Waals surface area contributed by atoms with Crippen LogP contribution < -0.4 is 16.6 Å². The molecule has 0 radical (unpaired) electrons. The van der Waals surface area contributed by atoms with E-state index in [1.807, 2.05) is 34.9 Å². The molecule has 0 amide bonds. The van der Waals surface area contributed by atoms with E-state index in [-0.39, 0.29) is 0 Å². The van der Waals surface area contributed by atoms with Crippen LogP contribution in [0.3, 0.4) is 0 Å². The molecular formula is C17H21N5O2. The normalized spacial score (nSPS) is 11.1. The number of H-pyrrole nitrogens is 1. The first-order valence-corrected chi connectivity index (χ1v) is 8.13. The minimum absolute atomic E-state index is 0.388. The van der Waals surface area contributed by atoms with Gasteiger partial charge in [-0.1, -0.05) is 38.0 Å². The van der Waals surface area contributed by atoms with Gasteiger partial charge in [-0.25, -0.2) is 4.79 Å². The van der Waals surface area contributed by atoms with Crippen molar-refractivity contribution >= 4 is 22.8 Å². The zero-order chi connectivity index (χ0) is 17.1. The summed E-state index contributed by atoms with van der Waals surface area (Å²) in [7, 11) is 1.61. The lowest BCUT2D eigenvalue weighted by molar-refractivity contribution is 0.616. The summed E-state index contributed by atoms with van der Waals surface area (Å²) in [6.07, 6.45) is 3.09. The molecule has 126 valence electrons. The first kappa shape index (κ1) is 16.0. The maximum atomic E-state index is 12.3.